The molecule has 128 valence electrons. The zero-order valence-corrected chi connectivity index (χ0v) is 15.4. The van der Waals surface area contributed by atoms with Crippen LogP contribution in [0.1, 0.15) is 17.2 Å². The van der Waals surface area contributed by atoms with Crippen molar-refractivity contribution in [3.63, 3.8) is 0 Å². The van der Waals surface area contributed by atoms with Crippen LogP contribution in [0, 0.1) is 0 Å². The van der Waals surface area contributed by atoms with Gasteiger partial charge in [-0.2, -0.15) is 4.72 Å². The molecular weight excluding hydrogens is 377 g/mol. The van der Waals surface area contributed by atoms with Gasteiger partial charge in [-0.25, -0.2) is 8.42 Å². The van der Waals surface area contributed by atoms with Crippen molar-refractivity contribution in [1.82, 2.24) is 4.72 Å². The molecule has 0 bridgehead atoms. The molecule has 0 amide bonds. The van der Waals surface area contributed by atoms with E-state index >= 15 is 0 Å². The molecule has 0 atom stereocenters. The Kier molecular flexibility index (Phi) is 5.45. The summed E-state index contributed by atoms with van der Waals surface area (Å²) in [6.07, 6.45) is 0. The standard InChI is InChI=1S/C19H15Cl2NO2S/c20-16-11-17(21)13-18(12-16)25(23,24)22-19(14-7-3-1-4-8-14)15-9-5-2-6-10-15/h1-13,19,22H. The molecule has 0 aliphatic carbocycles. The number of benzene rings is 3. The Morgan fingerprint density at radius 2 is 1.16 bits per heavy atom. The number of hydrogen-bond acceptors (Lipinski definition) is 2. The van der Waals surface area contributed by atoms with E-state index in [4.69, 9.17) is 23.2 Å². The first-order valence-corrected chi connectivity index (χ1v) is 9.78. The molecule has 0 fully saturated rings. The van der Waals surface area contributed by atoms with Crippen LogP contribution in [0.3, 0.4) is 0 Å². The van der Waals surface area contributed by atoms with Crippen molar-refractivity contribution >= 4 is 33.2 Å². The molecule has 1 N–H and O–H groups in total. The second-order valence-corrected chi connectivity index (χ2v) is 8.07. The molecular formula is C19H15Cl2NO2S. The van der Waals surface area contributed by atoms with E-state index < -0.39 is 16.1 Å². The van der Waals surface area contributed by atoms with Gasteiger partial charge in [-0.05, 0) is 29.3 Å². The Labute approximate surface area is 157 Å². The predicted octanol–water partition coefficient (Wildman–Crippen LogP) is 5.06. The fraction of sp³-hybridized carbons (Fsp3) is 0.0526. The van der Waals surface area contributed by atoms with E-state index in [0.29, 0.717) is 0 Å². The van der Waals surface area contributed by atoms with Crippen molar-refractivity contribution in [3.05, 3.63) is 100 Å². The molecule has 3 aromatic rings. The van der Waals surface area contributed by atoms with Crippen molar-refractivity contribution < 1.29 is 8.42 Å². The Hall–Kier alpha value is -1.85. The monoisotopic (exact) mass is 391 g/mol. The Balaban J connectivity index is 2.03. The molecule has 0 saturated carbocycles. The summed E-state index contributed by atoms with van der Waals surface area (Å²) in [6.45, 7) is 0. The van der Waals surface area contributed by atoms with Gasteiger partial charge in [-0.3, -0.25) is 0 Å². The predicted molar refractivity (Wildman–Crippen MR) is 102 cm³/mol. The molecule has 0 unspecified atom stereocenters. The van der Waals surface area contributed by atoms with Crippen LogP contribution < -0.4 is 4.72 Å². The average Bonchev–Trinajstić information content (AvgIpc) is 2.60. The largest absolute Gasteiger partial charge is 0.241 e. The van der Waals surface area contributed by atoms with E-state index in [2.05, 4.69) is 4.72 Å². The molecule has 3 nitrogen and oxygen atoms in total. The van der Waals surface area contributed by atoms with Crippen molar-refractivity contribution in [3.8, 4) is 0 Å². The molecule has 3 aromatic carbocycles. The maximum Gasteiger partial charge on any atom is 0.241 e. The van der Waals surface area contributed by atoms with Gasteiger partial charge >= 0.3 is 0 Å². The number of rotatable bonds is 5. The fourth-order valence-electron chi connectivity index (χ4n) is 2.53. The SMILES string of the molecule is O=S(=O)(NC(c1ccccc1)c1ccccc1)c1cc(Cl)cc(Cl)c1. The van der Waals surface area contributed by atoms with Crippen LogP contribution in [-0.2, 0) is 10.0 Å². The zero-order chi connectivity index (χ0) is 17.9. The van der Waals surface area contributed by atoms with Crippen molar-refractivity contribution in [2.24, 2.45) is 0 Å². The van der Waals surface area contributed by atoms with Gasteiger partial charge in [-0.15, -0.1) is 0 Å². The van der Waals surface area contributed by atoms with Crippen LogP contribution in [-0.4, -0.2) is 8.42 Å². The van der Waals surface area contributed by atoms with Crippen molar-refractivity contribution in [2.45, 2.75) is 10.9 Å². The van der Waals surface area contributed by atoms with E-state index in [1.165, 1.54) is 18.2 Å². The fourth-order valence-corrected chi connectivity index (χ4v) is 4.46. The number of hydrogen-bond donors (Lipinski definition) is 1. The van der Waals surface area contributed by atoms with Gasteiger partial charge in [0.15, 0.2) is 0 Å². The van der Waals surface area contributed by atoms with Crippen LogP contribution in [0.5, 0.6) is 0 Å². The second-order valence-electron chi connectivity index (χ2n) is 5.48. The molecule has 3 rings (SSSR count). The van der Waals surface area contributed by atoms with Crippen molar-refractivity contribution in [1.29, 1.82) is 0 Å². The summed E-state index contributed by atoms with van der Waals surface area (Å²) in [5.41, 5.74) is 1.68. The second kappa shape index (κ2) is 7.58. The van der Waals surface area contributed by atoms with Gasteiger partial charge in [-0.1, -0.05) is 83.9 Å². The normalized spacial score (nSPS) is 11.6. The van der Waals surface area contributed by atoms with Crippen LogP contribution in [0.25, 0.3) is 0 Å². The molecule has 0 aliphatic rings. The number of halogens is 2. The lowest BCUT2D eigenvalue weighted by molar-refractivity contribution is 0.572. The topological polar surface area (TPSA) is 46.2 Å². The van der Waals surface area contributed by atoms with E-state index in [1.807, 2.05) is 60.7 Å². The highest BCUT2D eigenvalue weighted by atomic mass is 35.5. The maximum atomic E-state index is 12.9. The summed E-state index contributed by atoms with van der Waals surface area (Å²) in [7, 11) is -3.82. The molecule has 0 radical (unpaired) electrons. The van der Waals surface area contributed by atoms with E-state index in [1.54, 1.807) is 0 Å². The molecule has 6 heteroatoms. The minimum atomic E-state index is -3.82. The minimum Gasteiger partial charge on any atom is -0.207 e. The molecule has 0 spiro atoms. The Bertz CT molecular complexity index is 901. The average molecular weight is 392 g/mol. The first-order valence-electron chi connectivity index (χ1n) is 7.54. The Morgan fingerprint density at radius 1 is 0.720 bits per heavy atom. The Morgan fingerprint density at radius 3 is 1.60 bits per heavy atom. The molecule has 0 aromatic heterocycles. The van der Waals surface area contributed by atoms with Gasteiger partial charge in [0.2, 0.25) is 10.0 Å². The quantitative estimate of drug-likeness (QED) is 0.660. The number of sulfonamides is 1. The van der Waals surface area contributed by atoms with Crippen LogP contribution in [0.2, 0.25) is 10.0 Å². The van der Waals surface area contributed by atoms with Gasteiger partial charge < -0.3 is 0 Å². The minimum absolute atomic E-state index is 0.0295. The summed E-state index contributed by atoms with van der Waals surface area (Å²) < 4.78 is 28.5. The highest BCUT2D eigenvalue weighted by molar-refractivity contribution is 7.89. The lowest BCUT2D eigenvalue weighted by atomic mass is 10.00. The van der Waals surface area contributed by atoms with Crippen molar-refractivity contribution in [2.75, 3.05) is 0 Å². The van der Waals surface area contributed by atoms with Gasteiger partial charge in [0.25, 0.3) is 0 Å². The third kappa shape index (κ3) is 4.41. The summed E-state index contributed by atoms with van der Waals surface area (Å²) >= 11 is 11.9. The summed E-state index contributed by atoms with van der Waals surface area (Å²) in [6, 6.07) is 22.5. The highest BCUT2D eigenvalue weighted by Crippen LogP contribution is 2.27. The van der Waals surface area contributed by atoms with E-state index in [-0.39, 0.29) is 14.9 Å². The molecule has 0 saturated heterocycles. The lowest BCUT2D eigenvalue weighted by Gasteiger charge is -2.20. The van der Waals surface area contributed by atoms with Crippen LogP contribution >= 0.6 is 23.2 Å². The maximum absolute atomic E-state index is 12.9. The van der Waals surface area contributed by atoms with Crippen LogP contribution in [0.15, 0.2) is 83.8 Å². The highest BCUT2D eigenvalue weighted by Gasteiger charge is 2.23. The molecule has 0 heterocycles. The molecule has 25 heavy (non-hydrogen) atoms. The van der Waals surface area contributed by atoms with Crippen LogP contribution in [0.4, 0.5) is 0 Å². The third-order valence-electron chi connectivity index (χ3n) is 3.69. The van der Waals surface area contributed by atoms with Gasteiger partial charge in [0.1, 0.15) is 0 Å². The zero-order valence-electron chi connectivity index (χ0n) is 13.1. The van der Waals surface area contributed by atoms with E-state index in [0.717, 1.165) is 11.1 Å². The first kappa shape index (κ1) is 18.0. The van der Waals surface area contributed by atoms with Gasteiger partial charge in [0.05, 0.1) is 10.9 Å². The number of nitrogens with one attached hydrogen (secondary N) is 1. The smallest absolute Gasteiger partial charge is 0.207 e. The summed E-state index contributed by atoms with van der Waals surface area (Å²) in [5, 5.41) is 0.535. The van der Waals surface area contributed by atoms with E-state index in [9.17, 15) is 8.42 Å². The van der Waals surface area contributed by atoms with Gasteiger partial charge in [0, 0.05) is 10.0 Å². The first-order chi connectivity index (χ1) is 12.0. The third-order valence-corrected chi connectivity index (χ3v) is 5.52. The lowest BCUT2D eigenvalue weighted by Crippen LogP contribution is -2.29. The molecule has 0 aliphatic heterocycles. The summed E-state index contributed by atoms with van der Waals surface area (Å²) in [4.78, 5) is 0.0295. The summed E-state index contributed by atoms with van der Waals surface area (Å²) in [5.74, 6) is 0.